The number of nitrogens with zero attached hydrogens (tertiary/aromatic N) is 2. The number of amides is 1. The molecule has 0 aliphatic rings. The Morgan fingerprint density at radius 3 is 2.61 bits per heavy atom. The van der Waals surface area contributed by atoms with Gasteiger partial charge < -0.3 is 9.47 Å². The van der Waals surface area contributed by atoms with E-state index in [0.717, 1.165) is 0 Å². The second kappa shape index (κ2) is 11.3. The van der Waals surface area contributed by atoms with Crippen LogP contribution in [-0.4, -0.2) is 23.7 Å². The van der Waals surface area contributed by atoms with Crippen molar-refractivity contribution < 1.29 is 19.2 Å². The van der Waals surface area contributed by atoms with Crippen molar-refractivity contribution in [2.24, 2.45) is 5.10 Å². The average molecular weight is 488 g/mol. The van der Waals surface area contributed by atoms with Gasteiger partial charge in [0.25, 0.3) is 5.91 Å². The SMILES string of the molecule is CCOc1ccc(/C=N/NC(=O)c2ccccc2OCc2ccc(Cl)cc2Cl)cc1[N+](=O)[O-]. The van der Waals surface area contributed by atoms with E-state index in [1.165, 1.54) is 18.3 Å². The van der Waals surface area contributed by atoms with E-state index in [4.69, 9.17) is 32.7 Å². The van der Waals surface area contributed by atoms with Crippen molar-refractivity contribution in [2.75, 3.05) is 6.61 Å². The maximum absolute atomic E-state index is 12.6. The van der Waals surface area contributed by atoms with Crippen molar-refractivity contribution in [2.45, 2.75) is 13.5 Å². The summed E-state index contributed by atoms with van der Waals surface area (Å²) in [5.74, 6) is -0.00652. The lowest BCUT2D eigenvalue weighted by Gasteiger charge is -2.11. The van der Waals surface area contributed by atoms with Crippen LogP contribution in [0.25, 0.3) is 0 Å². The molecule has 33 heavy (non-hydrogen) atoms. The van der Waals surface area contributed by atoms with Crippen LogP contribution >= 0.6 is 23.2 Å². The zero-order valence-corrected chi connectivity index (χ0v) is 19.0. The van der Waals surface area contributed by atoms with E-state index in [-0.39, 0.29) is 23.6 Å². The lowest BCUT2D eigenvalue weighted by atomic mass is 10.2. The molecular weight excluding hydrogens is 469 g/mol. The monoisotopic (exact) mass is 487 g/mol. The van der Waals surface area contributed by atoms with E-state index < -0.39 is 10.8 Å². The van der Waals surface area contributed by atoms with Crippen molar-refractivity contribution in [3.05, 3.63) is 97.5 Å². The molecule has 0 saturated carbocycles. The number of ether oxygens (including phenoxy) is 2. The third-order valence-corrected chi connectivity index (χ3v) is 4.98. The Hall–Kier alpha value is -3.62. The maximum atomic E-state index is 12.6. The summed E-state index contributed by atoms with van der Waals surface area (Å²) in [7, 11) is 0. The van der Waals surface area contributed by atoms with Gasteiger partial charge in [0.15, 0.2) is 5.75 Å². The fraction of sp³-hybridized carbons (Fsp3) is 0.130. The zero-order valence-electron chi connectivity index (χ0n) is 17.5. The van der Waals surface area contributed by atoms with Crippen LogP contribution in [0.15, 0.2) is 65.8 Å². The third kappa shape index (κ3) is 6.44. The van der Waals surface area contributed by atoms with Gasteiger partial charge in [-0.05, 0) is 43.3 Å². The van der Waals surface area contributed by atoms with Gasteiger partial charge >= 0.3 is 5.69 Å². The van der Waals surface area contributed by atoms with Crippen LogP contribution in [0.1, 0.15) is 28.4 Å². The number of hydrogen-bond acceptors (Lipinski definition) is 6. The van der Waals surface area contributed by atoms with Gasteiger partial charge in [-0.2, -0.15) is 5.10 Å². The number of benzene rings is 3. The third-order valence-electron chi connectivity index (χ3n) is 4.39. The van der Waals surface area contributed by atoms with Crippen LogP contribution in [0.2, 0.25) is 10.0 Å². The molecule has 0 heterocycles. The summed E-state index contributed by atoms with van der Waals surface area (Å²) >= 11 is 12.1. The number of carbonyl (C=O) groups excluding carboxylic acids is 1. The minimum absolute atomic E-state index is 0.138. The molecule has 0 unspecified atom stereocenters. The van der Waals surface area contributed by atoms with Crippen LogP contribution in [-0.2, 0) is 6.61 Å². The van der Waals surface area contributed by atoms with E-state index in [1.54, 1.807) is 55.5 Å². The number of nitro benzene ring substituents is 1. The Kier molecular flexibility index (Phi) is 8.23. The lowest BCUT2D eigenvalue weighted by Crippen LogP contribution is -2.18. The number of hydrazone groups is 1. The largest absolute Gasteiger partial charge is 0.488 e. The summed E-state index contributed by atoms with van der Waals surface area (Å²) in [4.78, 5) is 23.3. The van der Waals surface area contributed by atoms with Crippen LogP contribution in [0.5, 0.6) is 11.5 Å². The summed E-state index contributed by atoms with van der Waals surface area (Å²) in [6.45, 7) is 2.18. The first-order valence-electron chi connectivity index (χ1n) is 9.79. The number of nitro groups is 1. The van der Waals surface area contributed by atoms with Gasteiger partial charge in [0.05, 0.1) is 23.3 Å². The first kappa shape index (κ1) is 24.0. The average Bonchev–Trinajstić information content (AvgIpc) is 2.79. The first-order chi connectivity index (χ1) is 15.9. The molecule has 3 rings (SSSR count). The summed E-state index contributed by atoms with van der Waals surface area (Å²) in [6.07, 6.45) is 1.30. The highest BCUT2D eigenvalue weighted by Gasteiger charge is 2.16. The Labute approximate surface area is 199 Å². The summed E-state index contributed by atoms with van der Waals surface area (Å²) in [5, 5.41) is 16.1. The van der Waals surface area contributed by atoms with Crippen LogP contribution in [0.3, 0.4) is 0 Å². The van der Waals surface area contributed by atoms with Crippen LogP contribution < -0.4 is 14.9 Å². The molecule has 8 nitrogen and oxygen atoms in total. The fourth-order valence-electron chi connectivity index (χ4n) is 2.83. The molecule has 3 aromatic carbocycles. The van der Waals surface area contributed by atoms with Gasteiger partial charge in [-0.15, -0.1) is 0 Å². The van der Waals surface area contributed by atoms with Crippen molar-refractivity contribution >= 4 is 41.0 Å². The molecule has 0 aliphatic carbocycles. The molecule has 0 aromatic heterocycles. The quantitative estimate of drug-likeness (QED) is 0.239. The van der Waals surface area contributed by atoms with Crippen molar-refractivity contribution in [1.82, 2.24) is 5.43 Å². The van der Waals surface area contributed by atoms with Crippen LogP contribution in [0, 0.1) is 10.1 Å². The van der Waals surface area contributed by atoms with Gasteiger partial charge in [-0.1, -0.05) is 41.4 Å². The number of halogens is 2. The van der Waals surface area contributed by atoms with Crippen molar-refractivity contribution in [3.8, 4) is 11.5 Å². The van der Waals surface area contributed by atoms with Gasteiger partial charge in [0.2, 0.25) is 0 Å². The Bertz CT molecular complexity index is 1200. The van der Waals surface area contributed by atoms with Crippen molar-refractivity contribution in [1.29, 1.82) is 0 Å². The minimum atomic E-state index is -0.540. The number of carbonyl (C=O) groups is 1. The number of hydrogen-bond donors (Lipinski definition) is 1. The molecule has 0 atom stereocenters. The zero-order chi connectivity index (χ0) is 23.8. The van der Waals surface area contributed by atoms with E-state index in [9.17, 15) is 14.9 Å². The number of para-hydroxylation sites is 1. The van der Waals surface area contributed by atoms with Gasteiger partial charge in [-0.25, -0.2) is 5.43 Å². The fourth-order valence-corrected chi connectivity index (χ4v) is 3.30. The Balaban J connectivity index is 1.69. The second-order valence-electron chi connectivity index (χ2n) is 6.64. The van der Waals surface area contributed by atoms with E-state index >= 15 is 0 Å². The topological polar surface area (TPSA) is 103 Å². The summed E-state index contributed by atoms with van der Waals surface area (Å²) in [6, 6.07) is 16.1. The summed E-state index contributed by atoms with van der Waals surface area (Å²) in [5.41, 5.74) is 3.61. The molecule has 3 aromatic rings. The van der Waals surface area contributed by atoms with Gasteiger partial charge in [0.1, 0.15) is 12.4 Å². The molecular formula is C23H19Cl2N3O5. The maximum Gasteiger partial charge on any atom is 0.311 e. The highest BCUT2D eigenvalue weighted by Crippen LogP contribution is 2.27. The molecule has 0 bridgehead atoms. The van der Waals surface area contributed by atoms with Crippen molar-refractivity contribution in [3.63, 3.8) is 0 Å². The molecule has 170 valence electrons. The highest BCUT2D eigenvalue weighted by molar-refractivity contribution is 6.35. The van der Waals surface area contributed by atoms with E-state index in [1.807, 2.05) is 0 Å². The lowest BCUT2D eigenvalue weighted by molar-refractivity contribution is -0.385. The van der Waals surface area contributed by atoms with E-state index in [2.05, 4.69) is 10.5 Å². The smallest absolute Gasteiger partial charge is 0.311 e. The highest BCUT2D eigenvalue weighted by atomic mass is 35.5. The minimum Gasteiger partial charge on any atom is -0.488 e. The molecule has 0 fully saturated rings. The Morgan fingerprint density at radius 2 is 1.88 bits per heavy atom. The molecule has 0 radical (unpaired) electrons. The normalized spacial score (nSPS) is 10.8. The number of rotatable bonds is 9. The molecule has 0 aliphatic heterocycles. The standard InChI is InChI=1S/C23H19Cl2N3O5/c1-2-32-22-10-7-15(11-20(22)28(30)31)13-26-27-23(29)18-5-3-4-6-21(18)33-14-16-8-9-17(24)12-19(16)25/h3-13H,2,14H2,1H3,(H,27,29)/b26-13+. The first-order valence-corrected chi connectivity index (χ1v) is 10.5. The summed E-state index contributed by atoms with van der Waals surface area (Å²) < 4.78 is 11.0. The number of nitrogens with one attached hydrogen (secondary N) is 1. The predicted octanol–water partition coefficient (Wildman–Crippen LogP) is 5.64. The van der Waals surface area contributed by atoms with E-state index in [0.29, 0.717) is 33.5 Å². The molecule has 10 heteroatoms. The predicted molar refractivity (Wildman–Crippen MR) is 127 cm³/mol. The molecule has 0 spiro atoms. The Morgan fingerprint density at radius 1 is 1.09 bits per heavy atom. The molecule has 1 amide bonds. The molecule has 1 N–H and O–H groups in total. The molecule has 0 saturated heterocycles. The van der Waals surface area contributed by atoms with Gasteiger partial charge in [-0.3, -0.25) is 14.9 Å². The van der Waals surface area contributed by atoms with Gasteiger partial charge in [0, 0.05) is 27.2 Å². The second-order valence-corrected chi connectivity index (χ2v) is 7.48. The van der Waals surface area contributed by atoms with Crippen LogP contribution in [0.4, 0.5) is 5.69 Å².